The maximum atomic E-state index is 12.3. The summed E-state index contributed by atoms with van der Waals surface area (Å²) < 4.78 is 0.641. The number of hydrogen-bond donors (Lipinski definition) is 1. The standard InChI is InChI=1S/C15H11BrCl3NO/c1-8(11-4-2-10(18)7-14(11)19)20-15(21)12-5-3-9(17)6-13(12)16/h2-8H,1H3,(H,20,21). The smallest absolute Gasteiger partial charge is 0.252 e. The van der Waals surface area contributed by atoms with Crippen molar-refractivity contribution in [1.29, 1.82) is 0 Å². The first-order valence-corrected chi connectivity index (χ1v) is 8.02. The fraction of sp³-hybridized carbons (Fsp3) is 0.133. The van der Waals surface area contributed by atoms with E-state index in [1.165, 1.54) is 0 Å². The van der Waals surface area contributed by atoms with Gasteiger partial charge in [0.2, 0.25) is 0 Å². The van der Waals surface area contributed by atoms with Crippen LogP contribution in [0.1, 0.15) is 28.9 Å². The topological polar surface area (TPSA) is 29.1 Å². The summed E-state index contributed by atoms with van der Waals surface area (Å²) in [6.45, 7) is 1.86. The minimum atomic E-state index is -0.246. The second-order valence-corrected chi connectivity index (χ2v) is 6.62. The SMILES string of the molecule is CC(NC(=O)c1ccc(Cl)cc1Br)c1ccc(Cl)cc1Cl. The van der Waals surface area contributed by atoms with E-state index in [1.54, 1.807) is 36.4 Å². The Balaban J connectivity index is 2.18. The van der Waals surface area contributed by atoms with Crippen molar-refractivity contribution in [2.75, 3.05) is 0 Å². The van der Waals surface area contributed by atoms with Gasteiger partial charge in [0.1, 0.15) is 0 Å². The van der Waals surface area contributed by atoms with E-state index in [4.69, 9.17) is 34.8 Å². The Morgan fingerprint density at radius 3 is 2.33 bits per heavy atom. The second kappa shape index (κ2) is 7.01. The minimum Gasteiger partial charge on any atom is -0.345 e. The van der Waals surface area contributed by atoms with Gasteiger partial charge in [0.25, 0.3) is 5.91 Å². The number of halogens is 4. The summed E-state index contributed by atoms with van der Waals surface area (Å²) >= 11 is 21.2. The summed E-state index contributed by atoms with van der Waals surface area (Å²) in [6.07, 6.45) is 0. The molecule has 0 spiro atoms. The monoisotopic (exact) mass is 405 g/mol. The maximum Gasteiger partial charge on any atom is 0.252 e. The van der Waals surface area contributed by atoms with E-state index in [1.807, 2.05) is 6.92 Å². The molecule has 0 saturated heterocycles. The molecule has 110 valence electrons. The Kier molecular flexibility index (Phi) is 5.55. The van der Waals surface area contributed by atoms with Crippen molar-refractivity contribution in [3.8, 4) is 0 Å². The van der Waals surface area contributed by atoms with Crippen LogP contribution in [0.4, 0.5) is 0 Å². The first-order valence-electron chi connectivity index (χ1n) is 6.09. The lowest BCUT2D eigenvalue weighted by Crippen LogP contribution is -2.27. The van der Waals surface area contributed by atoms with Gasteiger partial charge in [0.05, 0.1) is 11.6 Å². The summed E-state index contributed by atoms with van der Waals surface area (Å²) in [5.74, 6) is -0.211. The Morgan fingerprint density at radius 1 is 1.10 bits per heavy atom. The highest BCUT2D eigenvalue weighted by Crippen LogP contribution is 2.27. The molecule has 0 fully saturated rings. The number of carbonyl (C=O) groups excluding carboxylic acids is 1. The predicted octanol–water partition coefficient (Wildman–Crippen LogP) is 5.90. The molecule has 2 aromatic carbocycles. The fourth-order valence-electron chi connectivity index (χ4n) is 1.88. The molecule has 0 aliphatic heterocycles. The molecule has 21 heavy (non-hydrogen) atoms. The van der Waals surface area contributed by atoms with Gasteiger partial charge in [-0.05, 0) is 58.7 Å². The van der Waals surface area contributed by atoms with Gasteiger partial charge in [-0.15, -0.1) is 0 Å². The molecular weight excluding hydrogens is 396 g/mol. The van der Waals surface area contributed by atoms with E-state index < -0.39 is 0 Å². The zero-order valence-electron chi connectivity index (χ0n) is 11.0. The number of carbonyl (C=O) groups is 1. The van der Waals surface area contributed by atoms with Crippen LogP contribution in [0.5, 0.6) is 0 Å². The molecule has 0 saturated carbocycles. The molecule has 2 nitrogen and oxygen atoms in total. The summed E-state index contributed by atoms with van der Waals surface area (Å²) in [4.78, 5) is 12.3. The van der Waals surface area contributed by atoms with Gasteiger partial charge in [-0.2, -0.15) is 0 Å². The van der Waals surface area contributed by atoms with E-state index in [0.29, 0.717) is 25.1 Å². The molecule has 0 aromatic heterocycles. The number of nitrogens with one attached hydrogen (secondary N) is 1. The van der Waals surface area contributed by atoms with Crippen LogP contribution in [0.25, 0.3) is 0 Å². The normalized spacial score (nSPS) is 12.0. The van der Waals surface area contributed by atoms with Crippen molar-refractivity contribution in [3.63, 3.8) is 0 Å². The average Bonchev–Trinajstić information content (AvgIpc) is 2.37. The minimum absolute atomic E-state index is 0.211. The molecule has 1 atom stereocenters. The third-order valence-corrected chi connectivity index (χ3v) is 4.41. The number of hydrogen-bond acceptors (Lipinski definition) is 1. The molecule has 0 radical (unpaired) electrons. The van der Waals surface area contributed by atoms with Crippen molar-refractivity contribution >= 4 is 56.6 Å². The first kappa shape index (κ1) is 16.6. The fourth-order valence-corrected chi connectivity index (χ4v) is 3.31. The largest absolute Gasteiger partial charge is 0.345 e. The summed E-state index contributed by atoms with van der Waals surface area (Å²) in [7, 11) is 0. The number of benzene rings is 2. The van der Waals surface area contributed by atoms with Gasteiger partial charge < -0.3 is 5.32 Å². The van der Waals surface area contributed by atoms with Gasteiger partial charge in [-0.25, -0.2) is 0 Å². The van der Waals surface area contributed by atoms with Crippen LogP contribution in [0.2, 0.25) is 15.1 Å². The Hall–Kier alpha value is -0.740. The Bertz CT molecular complexity index is 691. The van der Waals surface area contributed by atoms with Crippen LogP contribution in [0.3, 0.4) is 0 Å². The van der Waals surface area contributed by atoms with E-state index in [-0.39, 0.29) is 11.9 Å². The van der Waals surface area contributed by atoms with E-state index in [2.05, 4.69) is 21.2 Å². The molecule has 0 aliphatic carbocycles. The lowest BCUT2D eigenvalue weighted by Gasteiger charge is -2.16. The van der Waals surface area contributed by atoms with Crippen LogP contribution >= 0.6 is 50.7 Å². The molecular formula is C15H11BrCl3NO. The van der Waals surface area contributed by atoms with Gasteiger partial charge in [-0.1, -0.05) is 40.9 Å². The van der Waals surface area contributed by atoms with Gasteiger partial charge in [0.15, 0.2) is 0 Å². The molecule has 1 N–H and O–H groups in total. The van der Waals surface area contributed by atoms with Gasteiger partial charge in [-0.3, -0.25) is 4.79 Å². The highest BCUT2D eigenvalue weighted by Gasteiger charge is 2.16. The van der Waals surface area contributed by atoms with Crippen molar-refractivity contribution in [1.82, 2.24) is 5.32 Å². The zero-order chi connectivity index (χ0) is 15.6. The zero-order valence-corrected chi connectivity index (χ0v) is 14.8. The predicted molar refractivity (Wildman–Crippen MR) is 91.5 cm³/mol. The highest BCUT2D eigenvalue weighted by atomic mass is 79.9. The van der Waals surface area contributed by atoms with E-state index >= 15 is 0 Å². The third-order valence-electron chi connectivity index (χ3n) is 2.95. The number of rotatable bonds is 3. The molecule has 6 heteroatoms. The van der Waals surface area contributed by atoms with Crippen molar-refractivity contribution in [2.45, 2.75) is 13.0 Å². The van der Waals surface area contributed by atoms with Crippen LogP contribution < -0.4 is 5.32 Å². The summed E-state index contributed by atoms with van der Waals surface area (Å²) in [5.41, 5.74) is 1.32. The summed E-state index contributed by atoms with van der Waals surface area (Å²) in [6, 6.07) is 9.95. The maximum absolute atomic E-state index is 12.3. The lowest BCUT2D eigenvalue weighted by molar-refractivity contribution is 0.0939. The van der Waals surface area contributed by atoms with Gasteiger partial charge in [0, 0.05) is 19.5 Å². The number of amides is 1. The Labute approximate surface area is 146 Å². The highest BCUT2D eigenvalue weighted by molar-refractivity contribution is 9.10. The second-order valence-electron chi connectivity index (χ2n) is 4.49. The van der Waals surface area contributed by atoms with Crippen molar-refractivity contribution in [3.05, 3.63) is 67.1 Å². The summed E-state index contributed by atoms with van der Waals surface area (Å²) in [5, 5.41) is 4.53. The van der Waals surface area contributed by atoms with Crippen LogP contribution in [-0.2, 0) is 0 Å². The van der Waals surface area contributed by atoms with Crippen LogP contribution in [0.15, 0.2) is 40.9 Å². The lowest BCUT2D eigenvalue weighted by atomic mass is 10.1. The quantitative estimate of drug-likeness (QED) is 0.674. The van der Waals surface area contributed by atoms with Crippen LogP contribution in [-0.4, -0.2) is 5.91 Å². The van der Waals surface area contributed by atoms with E-state index in [0.717, 1.165) is 5.56 Å². The van der Waals surface area contributed by atoms with Crippen molar-refractivity contribution in [2.24, 2.45) is 0 Å². The molecule has 2 aromatic rings. The molecule has 0 bridgehead atoms. The van der Waals surface area contributed by atoms with E-state index in [9.17, 15) is 4.79 Å². The molecule has 0 heterocycles. The first-order chi connectivity index (χ1) is 9.88. The molecule has 0 aliphatic rings. The molecule has 2 rings (SSSR count). The third kappa shape index (κ3) is 4.13. The molecule has 1 amide bonds. The van der Waals surface area contributed by atoms with Crippen LogP contribution in [0, 0.1) is 0 Å². The Morgan fingerprint density at radius 2 is 1.71 bits per heavy atom. The average molecular weight is 408 g/mol. The molecule has 1 unspecified atom stereocenters. The van der Waals surface area contributed by atoms with Crippen molar-refractivity contribution < 1.29 is 4.79 Å². The van der Waals surface area contributed by atoms with Gasteiger partial charge >= 0.3 is 0 Å².